The second-order valence-corrected chi connectivity index (χ2v) is 4.11. The highest BCUT2D eigenvalue weighted by Crippen LogP contribution is 2.31. The van der Waals surface area contributed by atoms with Crippen LogP contribution in [0.5, 0.6) is 0 Å². The maximum Gasteiger partial charge on any atom is 0.416 e. The van der Waals surface area contributed by atoms with Crippen molar-refractivity contribution < 1.29 is 13.2 Å². The fourth-order valence-electron chi connectivity index (χ4n) is 1.80. The van der Waals surface area contributed by atoms with Crippen molar-refractivity contribution in [3.05, 3.63) is 41.4 Å². The molecule has 0 radical (unpaired) electrons. The van der Waals surface area contributed by atoms with Crippen LogP contribution in [0.3, 0.4) is 0 Å². The number of fused-ring (bicyclic) bond motifs is 3. The minimum atomic E-state index is -4.40. The molecule has 1 aromatic carbocycles. The third-order valence-corrected chi connectivity index (χ3v) is 2.91. The normalized spacial score (nSPS) is 12.4. The zero-order valence-electron chi connectivity index (χ0n) is 8.74. The molecule has 0 saturated carbocycles. The summed E-state index contributed by atoms with van der Waals surface area (Å²) in [4.78, 5) is 7.85. The van der Waals surface area contributed by atoms with Crippen LogP contribution in [0.2, 0.25) is 5.15 Å². The van der Waals surface area contributed by atoms with Gasteiger partial charge in [0.1, 0.15) is 5.52 Å². The van der Waals surface area contributed by atoms with Gasteiger partial charge < -0.3 is 0 Å². The van der Waals surface area contributed by atoms with Crippen molar-refractivity contribution in [1.82, 2.24) is 14.4 Å². The van der Waals surface area contributed by atoms with Crippen molar-refractivity contribution in [2.24, 2.45) is 0 Å². The molecule has 0 fully saturated rings. The van der Waals surface area contributed by atoms with Gasteiger partial charge in [-0.25, -0.2) is 9.97 Å². The van der Waals surface area contributed by atoms with E-state index in [1.54, 1.807) is 4.40 Å². The van der Waals surface area contributed by atoms with Gasteiger partial charge in [0.05, 0.1) is 29.1 Å². The summed E-state index contributed by atoms with van der Waals surface area (Å²) in [6.07, 6.45) is -1.41. The summed E-state index contributed by atoms with van der Waals surface area (Å²) in [5.74, 6) is 0. The van der Waals surface area contributed by atoms with Gasteiger partial charge in [-0.05, 0) is 18.2 Å². The van der Waals surface area contributed by atoms with Crippen molar-refractivity contribution in [3.63, 3.8) is 0 Å². The van der Waals surface area contributed by atoms with Crippen molar-refractivity contribution >= 4 is 28.2 Å². The molecule has 0 atom stereocenters. The lowest BCUT2D eigenvalue weighted by molar-refractivity contribution is -0.137. The van der Waals surface area contributed by atoms with Crippen molar-refractivity contribution in [2.75, 3.05) is 0 Å². The first kappa shape index (κ1) is 11.3. The largest absolute Gasteiger partial charge is 0.416 e. The van der Waals surface area contributed by atoms with Gasteiger partial charge in [-0.15, -0.1) is 0 Å². The fraction of sp³-hybridized carbons (Fsp3) is 0.0909. The van der Waals surface area contributed by atoms with Gasteiger partial charge in [-0.2, -0.15) is 13.2 Å². The van der Waals surface area contributed by atoms with E-state index in [2.05, 4.69) is 9.97 Å². The second kappa shape index (κ2) is 3.58. The molecule has 0 saturated heterocycles. The van der Waals surface area contributed by atoms with E-state index in [0.29, 0.717) is 11.0 Å². The van der Waals surface area contributed by atoms with Crippen LogP contribution in [-0.4, -0.2) is 14.4 Å². The molecule has 7 heteroatoms. The monoisotopic (exact) mass is 271 g/mol. The van der Waals surface area contributed by atoms with Gasteiger partial charge in [0.15, 0.2) is 5.15 Å². The number of rotatable bonds is 0. The molecule has 0 aliphatic carbocycles. The van der Waals surface area contributed by atoms with Crippen LogP contribution in [0, 0.1) is 0 Å². The predicted octanol–water partition coefficient (Wildman–Crippen LogP) is 3.55. The number of nitrogens with zero attached hydrogens (tertiary/aromatic N) is 3. The molecular weight excluding hydrogens is 267 g/mol. The third kappa shape index (κ3) is 1.60. The van der Waals surface area contributed by atoms with Crippen LogP contribution in [-0.2, 0) is 6.18 Å². The Morgan fingerprint density at radius 3 is 2.67 bits per heavy atom. The highest BCUT2D eigenvalue weighted by molar-refractivity contribution is 6.33. The SMILES string of the molecule is FC(F)(F)c1ccc2c(c1)nc(Cl)c1cncn12. The number of hydrogen-bond acceptors (Lipinski definition) is 2. The summed E-state index contributed by atoms with van der Waals surface area (Å²) in [5.41, 5.74) is 0.516. The van der Waals surface area contributed by atoms with Crippen LogP contribution >= 0.6 is 11.6 Å². The van der Waals surface area contributed by atoms with E-state index in [9.17, 15) is 13.2 Å². The first-order valence-corrected chi connectivity index (χ1v) is 5.33. The van der Waals surface area contributed by atoms with E-state index < -0.39 is 11.7 Å². The van der Waals surface area contributed by atoms with E-state index in [4.69, 9.17) is 11.6 Å². The summed E-state index contributed by atoms with van der Waals surface area (Å²) in [5, 5.41) is 0.124. The topological polar surface area (TPSA) is 30.2 Å². The molecule has 0 amide bonds. The van der Waals surface area contributed by atoms with Gasteiger partial charge in [-0.1, -0.05) is 11.6 Å². The Morgan fingerprint density at radius 2 is 1.94 bits per heavy atom. The average molecular weight is 272 g/mol. The lowest BCUT2D eigenvalue weighted by Crippen LogP contribution is -2.05. The zero-order chi connectivity index (χ0) is 12.9. The molecule has 0 N–H and O–H groups in total. The number of alkyl halides is 3. The summed E-state index contributed by atoms with van der Waals surface area (Å²) in [7, 11) is 0. The number of halogens is 4. The van der Waals surface area contributed by atoms with Crippen LogP contribution in [0.4, 0.5) is 13.2 Å². The molecule has 3 rings (SSSR count). The molecule has 18 heavy (non-hydrogen) atoms. The van der Waals surface area contributed by atoms with Crippen LogP contribution in [0.25, 0.3) is 16.6 Å². The van der Waals surface area contributed by atoms with Crippen molar-refractivity contribution in [3.8, 4) is 0 Å². The smallest absolute Gasteiger partial charge is 0.294 e. The fourth-order valence-corrected chi connectivity index (χ4v) is 2.03. The van der Waals surface area contributed by atoms with Crippen LogP contribution < -0.4 is 0 Å². The van der Waals surface area contributed by atoms with Gasteiger partial charge in [0.25, 0.3) is 0 Å². The van der Waals surface area contributed by atoms with Gasteiger partial charge >= 0.3 is 6.18 Å². The Labute approximate surface area is 104 Å². The van der Waals surface area contributed by atoms with E-state index in [0.717, 1.165) is 12.1 Å². The lowest BCUT2D eigenvalue weighted by atomic mass is 10.2. The minimum absolute atomic E-state index is 0.124. The Bertz CT molecular complexity index is 748. The van der Waals surface area contributed by atoms with Crippen molar-refractivity contribution in [2.45, 2.75) is 6.18 Å². The number of benzene rings is 1. The highest BCUT2D eigenvalue weighted by atomic mass is 35.5. The summed E-state index contributed by atoms with van der Waals surface area (Å²) >= 11 is 5.89. The zero-order valence-corrected chi connectivity index (χ0v) is 9.50. The number of imidazole rings is 1. The van der Waals surface area contributed by atoms with E-state index >= 15 is 0 Å². The number of hydrogen-bond donors (Lipinski definition) is 0. The first-order chi connectivity index (χ1) is 8.47. The maximum atomic E-state index is 12.6. The summed E-state index contributed by atoms with van der Waals surface area (Å²) in [6.45, 7) is 0. The van der Waals surface area contributed by atoms with E-state index in [1.165, 1.54) is 18.6 Å². The quantitative estimate of drug-likeness (QED) is 0.626. The average Bonchev–Trinajstić information content (AvgIpc) is 2.77. The van der Waals surface area contributed by atoms with E-state index in [-0.39, 0.29) is 10.7 Å². The Balaban J connectivity index is 2.39. The molecule has 0 aliphatic rings. The second-order valence-electron chi connectivity index (χ2n) is 3.75. The number of aromatic nitrogens is 3. The summed E-state index contributed by atoms with van der Waals surface area (Å²) in [6, 6.07) is 3.34. The summed E-state index contributed by atoms with van der Waals surface area (Å²) < 4.78 is 39.4. The third-order valence-electron chi connectivity index (χ3n) is 2.63. The molecule has 0 spiro atoms. The lowest BCUT2D eigenvalue weighted by Gasteiger charge is -2.08. The van der Waals surface area contributed by atoms with Crippen LogP contribution in [0.1, 0.15) is 5.56 Å². The maximum absolute atomic E-state index is 12.6. The Morgan fingerprint density at radius 1 is 1.17 bits per heavy atom. The molecule has 0 unspecified atom stereocenters. The molecule has 0 bridgehead atoms. The molecule has 2 aromatic heterocycles. The molecular formula is C11H5ClF3N3. The first-order valence-electron chi connectivity index (χ1n) is 4.95. The highest BCUT2D eigenvalue weighted by Gasteiger charge is 2.30. The molecule has 92 valence electrons. The molecule has 3 nitrogen and oxygen atoms in total. The van der Waals surface area contributed by atoms with Gasteiger partial charge in [-0.3, -0.25) is 4.40 Å². The van der Waals surface area contributed by atoms with Crippen LogP contribution in [0.15, 0.2) is 30.7 Å². The molecule has 2 heterocycles. The Hall–Kier alpha value is -1.82. The molecule has 0 aliphatic heterocycles. The molecule has 3 aromatic rings. The van der Waals surface area contributed by atoms with Gasteiger partial charge in [0.2, 0.25) is 0 Å². The standard InChI is InChI=1S/C11H5ClF3N3/c12-10-9-4-16-5-18(9)8-2-1-6(11(13,14)15)3-7(8)17-10/h1-5H. The predicted molar refractivity (Wildman–Crippen MR) is 60.5 cm³/mol. The minimum Gasteiger partial charge on any atom is -0.294 e. The Kier molecular flexibility index (Phi) is 2.25. The van der Waals surface area contributed by atoms with Crippen molar-refractivity contribution in [1.29, 1.82) is 0 Å². The van der Waals surface area contributed by atoms with Gasteiger partial charge in [0, 0.05) is 0 Å². The van der Waals surface area contributed by atoms with E-state index in [1.807, 2.05) is 0 Å².